The number of aromatic nitrogens is 2. The van der Waals surface area contributed by atoms with Gasteiger partial charge in [0.25, 0.3) is 0 Å². The molecular formula is C12H11ClN4O2S. The van der Waals surface area contributed by atoms with E-state index in [1.807, 2.05) is 0 Å². The van der Waals surface area contributed by atoms with E-state index in [0.717, 1.165) is 8.28 Å². The molecule has 0 aliphatic heterocycles. The predicted octanol–water partition coefficient (Wildman–Crippen LogP) is 1.73. The average molecular weight is 311 g/mol. The number of hydrogen-bond donors (Lipinski definition) is 0. The fourth-order valence-electron chi connectivity index (χ4n) is 1.55. The van der Waals surface area contributed by atoms with Crippen molar-refractivity contribution in [2.75, 3.05) is 14.1 Å². The van der Waals surface area contributed by atoms with Gasteiger partial charge in [0.15, 0.2) is 0 Å². The minimum Gasteiger partial charge on any atom is -0.218 e. The molecular weight excluding hydrogens is 300 g/mol. The zero-order chi connectivity index (χ0) is 14.9. The van der Waals surface area contributed by atoms with Gasteiger partial charge in [-0.05, 0) is 12.1 Å². The predicted molar refractivity (Wildman–Crippen MR) is 75.4 cm³/mol. The van der Waals surface area contributed by atoms with Gasteiger partial charge >= 0.3 is 10.2 Å². The first-order valence-corrected chi connectivity index (χ1v) is 7.32. The molecule has 2 aromatic rings. The quantitative estimate of drug-likeness (QED) is 0.865. The standard InChI is InChI=1S/C12H11ClN4O2S/c1-16(2)20(18,19)17-8-11(15-12(17)7-14)9-3-5-10(13)6-4-9/h3-6,8H,1-2H3. The molecule has 0 radical (unpaired) electrons. The maximum atomic E-state index is 12.1. The Hall–Kier alpha value is -1.88. The molecule has 8 heteroatoms. The van der Waals surface area contributed by atoms with Gasteiger partial charge in [-0.25, -0.2) is 8.96 Å². The SMILES string of the molecule is CN(C)S(=O)(=O)n1cc(-c2ccc(Cl)cc2)nc1C#N. The van der Waals surface area contributed by atoms with Crippen LogP contribution in [-0.4, -0.2) is 35.8 Å². The number of halogens is 1. The summed E-state index contributed by atoms with van der Waals surface area (Å²) in [5.41, 5.74) is 1.07. The zero-order valence-electron chi connectivity index (χ0n) is 10.8. The highest BCUT2D eigenvalue weighted by molar-refractivity contribution is 7.87. The highest BCUT2D eigenvalue weighted by Gasteiger charge is 2.22. The molecule has 0 aliphatic rings. The molecule has 0 unspecified atom stereocenters. The van der Waals surface area contributed by atoms with Gasteiger partial charge in [-0.15, -0.1) is 0 Å². The Labute approximate surface area is 122 Å². The lowest BCUT2D eigenvalue weighted by atomic mass is 10.2. The van der Waals surface area contributed by atoms with E-state index in [-0.39, 0.29) is 5.82 Å². The number of hydrogen-bond acceptors (Lipinski definition) is 4. The summed E-state index contributed by atoms with van der Waals surface area (Å²) in [6.07, 6.45) is 1.32. The molecule has 6 nitrogen and oxygen atoms in total. The number of rotatable bonds is 3. The van der Waals surface area contributed by atoms with E-state index >= 15 is 0 Å². The summed E-state index contributed by atoms with van der Waals surface area (Å²) in [6, 6.07) is 8.53. The fourth-order valence-corrected chi connectivity index (χ4v) is 2.56. The van der Waals surface area contributed by atoms with Crippen LogP contribution in [0.2, 0.25) is 5.02 Å². The van der Waals surface area contributed by atoms with Crippen LogP contribution >= 0.6 is 11.6 Å². The van der Waals surface area contributed by atoms with Crippen molar-refractivity contribution in [3.05, 3.63) is 41.3 Å². The summed E-state index contributed by atoms with van der Waals surface area (Å²) in [5, 5.41) is 9.59. The molecule has 0 spiro atoms. The van der Waals surface area contributed by atoms with Gasteiger partial charge in [0.2, 0.25) is 5.82 Å². The lowest BCUT2D eigenvalue weighted by Gasteiger charge is -2.11. The Morgan fingerprint density at radius 3 is 2.40 bits per heavy atom. The van der Waals surface area contributed by atoms with Crippen molar-refractivity contribution >= 4 is 21.8 Å². The van der Waals surface area contributed by atoms with Crippen molar-refractivity contribution in [1.82, 2.24) is 13.3 Å². The van der Waals surface area contributed by atoms with Crippen molar-refractivity contribution in [2.45, 2.75) is 0 Å². The summed E-state index contributed by atoms with van der Waals surface area (Å²) in [6.45, 7) is 0. The van der Waals surface area contributed by atoms with E-state index in [1.54, 1.807) is 30.3 Å². The fraction of sp³-hybridized carbons (Fsp3) is 0.167. The third-order valence-corrected chi connectivity index (χ3v) is 4.57. The van der Waals surface area contributed by atoms with Crippen LogP contribution in [0, 0.1) is 11.3 Å². The smallest absolute Gasteiger partial charge is 0.218 e. The van der Waals surface area contributed by atoms with Crippen LogP contribution in [0.5, 0.6) is 0 Å². The number of imidazole rings is 1. The average Bonchev–Trinajstić information content (AvgIpc) is 2.84. The van der Waals surface area contributed by atoms with Crippen molar-refractivity contribution in [1.29, 1.82) is 5.26 Å². The van der Waals surface area contributed by atoms with Gasteiger partial charge in [0, 0.05) is 24.7 Å². The second-order valence-corrected chi connectivity index (χ2v) is 6.61. The first kappa shape index (κ1) is 14.5. The van der Waals surface area contributed by atoms with Crippen LogP contribution in [0.25, 0.3) is 11.3 Å². The van der Waals surface area contributed by atoms with Crippen molar-refractivity contribution in [3.8, 4) is 17.3 Å². The second-order valence-electron chi connectivity index (χ2n) is 4.15. The summed E-state index contributed by atoms with van der Waals surface area (Å²) in [5.74, 6) is -0.191. The summed E-state index contributed by atoms with van der Waals surface area (Å²) >= 11 is 5.80. The Balaban J connectivity index is 2.58. The minimum atomic E-state index is -3.78. The van der Waals surface area contributed by atoms with Gasteiger partial charge < -0.3 is 0 Å². The molecule has 0 bridgehead atoms. The van der Waals surface area contributed by atoms with Gasteiger partial charge in [0.05, 0.1) is 11.9 Å². The van der Waals surface area contributed by atoms with Gasteiger partial charge in [-0.2, -0.15) is 18.0 Å². The second kappa shape index (κ2) is 5.25. The third-order valence-electron chi connectivity index (χ3n) is 2.62. The molecule has 2 rings (SSSR count). The lowest BCUT2D eigenvalue weighted by Crippen LogP contribution is -2.29. The molecule has 1 aromatic carbocycles. The first-order chi connectivity index (χ1) is 9.36. The molecule has 1 heterocycles. The van der Waals surface area contributed by atoms with Crippen LogP contribution in [0.4, 0.5) is 0 Å². The van der Waals surface area contributed by atoms with E-state index in [2.05, 4.69) is 4.98 Å². The third kappa shape index (κ3) is 2.54. The van der Waals surface area contributed by atoms with Crippen LogP contribution in [0.1, 0.15) is 5.82 Å². The molecule has 0 saturated carbocycles. The van der Waals surface area contributed by atoms with E-state index in [9.17, 15) is 8.42 Å². The molecule has 104 valence electrons. The van der Waals surface area contributed by atoms with Crippen LogP contribution in [0.15, 0.2) is 30.5 Å². The van der Waals surface area contributed by atoms with Gasteiger partial charge in [-0.3, -0.25) is 0 Å². The van der Waals surface area contributed by atoms with E-state index in [1.165, 1.54) is 20.3 Å². The van der Waals surface area contributed by atoms with Gasteiger partial charge in [-0.1, -0.05) is 23.7 Å². The summed E-state index contributed by atoms with van der Waals surface area (Å²) < 4.78 is 26.0. The van der Waals surface area contributed by atoms with E-state index in [4.69, 9.17) is 16.9 Å². The van der Waals surface area contributed by atoms with Crippen LogP contribution in [-0.2, 0) is 10.2 Å². The number of benzene rings is 1. The zero-order valence-corrected chi connectivity index (χ0v) is 12.4. The van der Waals surface area contributed by atoms with E-state index in [0.29, 0.717) is 16.3 Å². The molecule has 1 aromatic heterocycles. The molecule has 20 heavy (non-hydrogen) atoms. The molecule has 0 atom stereocenters. The lowest BCUT2D eigenvalue weighted by molar-refractivity contribution is 0.510. The Morgan fingerprint density at radius 2 is 1.90 bits per heavy atom. The first-order valence-electron chi connectivity index (χ1n) is 5.54. The maximum Gasteiger partial charge on any atom is 0.309 e. The summed E-state index contributed by atoms with van der Waals surface area (Å²) in [7, 11) is -1.00. The molecule has 0 amide bonds. The molecule has 0 N–H and O–H groups in total. The van der Waals surface area contributed by atoms with Crippen molar-refractivity contribution < 1.29 is 8.42 Å². The highest BCUT2D eigenvalue weighted by atomic mass is 35.5. The molecule has 0 saturated heterocycles. The largest absolute Gasteiger partial charge is 0.309 e. The van der Waals surface area contributed by atoms with E-state index < -0.39 is 10.2 Å². The molecule has 0 fully saturated rings. The van der Waals surface area contributed by atoms with Crippen molar-refractivity contribution in [3.63, 3.8) is 0 Å². The Morgan fingerprint density at radius 1 is 1.30 bits per heavy atom. The number of nitriles is 1. The Bertz CT molecular complexity index is 773. The van der Waals surface area contributed by atoms with Crippen LogP contribution in [0.3, 0.4) is 0 Å². The van der Waals surface area contributed by atoms with Crippen LogP contribution < -0.4 is 0 Å². The van der Waals surface area contributed by atoms with Gasteiger partial charge in [0.1, 0.15) is 6.07 Å². The maximum absolute atomic E-state index is 12.1. The van der Waals surface area contributed by atoms with Crippen molar-refractivity contribution in [2.24, 2.45) is 0 Å². The molecule has 0 aliphatic carbocycles. The monoisotopic (exact) mass is 310 g/mol. The summed E-state index contributed by atoms with van der Waals surface area (Å²) in [4.78, 5) is 4.03. The highest BCUT2D eigenvalue weighted by Crippen LogP contribution is 2.22. The minimum absolute atomic E-state index is 0.191. The normalized spacial score (nSPS) is 11.6. The topological polar surface area (TPSA) is 79.0 Å². The Kier molecular flexibility index (Phi) is 3.81. The number of nitrogens with zero attached hydrogens (tertiary/aromatic N) is 4.